The first-order valence-electron chi connectivity index (χ1n) is 8.41. The number of fused-ring (bicyclic) bond motifs is 2. The fraction of sp³-hybridized carbons (Fsp3) is 0.579. The van der Waals surface area contributed by atoms with Crippen molar-refractivity contribution < 1.29 is 27.4 Å². The molecule has 0 saturated carbocycles. The number of rotatable bonds is 5. The lowest BCUT2D eigenvalue weighted by molar-refractivity contribution is -0.274. The van der Waals surface area contributed by atoms with Crippen LogP contribution in [-0.4, -0.2) is 23.7 Å². The molecule has 2 saturated heterocycles. The zero-order valence-electron chi connectivity index (χ0n) is 14.7. The smallest absolute Gasteiger partial charge is 0.406 e. The second-order valence-corrected chi connectivity index (χ2v) is 7.37. The van der Waals surface area contributed by atoms with Gasteiger partial charge in [0, 0.05) is 0 Å². The highest BCUT2D eigenvalue weighted by Gasteiger charge is 2.63. The van der Waals surface area contributed by atoms with E-state index in [4.69, 9.17) is 9.47 Å². The molecule has 0 unspecified atom stereocenters. The minimum absolute atomic E-state index is 0.172. The highest BCUT2D eigenvalue weighted by atomic mass is 19.4. The first-order valence-corrected chi connectivity index (χ1v) is 8.41. The van der Waals surface area contributed by atoms with E-state index in [1.807, 2.05) is 6.92 Å². The summed E-state index contributed by atoms with van der Waals surface area (Å²) < 4.78 is 53.3. The zero-order valence-corrected chi connectivity index (χ0v) is 14.7. The molecular formula is C19H23F3O3. The van der Waals surface area contributed by atoms with Gasteiger partial charge in [0.05, 0.1) is 17.8 Å². The Morgan fingerprint density at radius 2 is 2.04 bits per heavy atom. The van der Waals surface area contributed by atoms with E-state index in [-0.39, 0.29) is 24.1 Å². The lowest BCUT2D eigenvalue weighted by Crippen LogP contribution is -2.40. The van der Waals surface area contributed by atoms with Crippen molar-refractivity contribution in [1.82, 2.24) is 0 Å². The van der Waals surface area contributed by atoms with Crippen LogP contribution in [0.2, 0.25) is 0 Å². The summed E-state index contributed by atoms with van der Waals surface area (Å²) in [5, 5.41) is 0. The van der Waals surface area contributed by atoms with Gasteiger partial charge in [0.15, 0.2) is 0 Å². The number of halogens is 3. The molecule has 3 nitrogen and oxygen atoms in total. The third-order valence-corrected chi connectivity index (χ3v) is 5.30. The molecule has 2 aliphatic heterocycles. The third-order valence-electron chi connectivity index (χ3n) is 5.30. The SMILES string of the molecule is C=C1[C@@H](OCc2cccc(OC(F)(F)F)c2)[C@]2(C)CC[C@@]1(C(C)C)O2. The van der Waals surface area contributed by atoms with E-state index in [2.05, 4.69) is 25.2 Å². The molecule has 1 aromatic rings. The molecule has 3 rings (SSSR count). The van der Waals surface area contributed by atoms with Gasteiger partial charge in [0.25, 0.3) is 0 Å². The molecule has 6 heteroatoms. The molecule has 0 radical (unpaired) electrons. The summed E-state index contributed by atoms with van der Waals surface area (Å²) >= 11 is 0. The molecule has 1 aromatic carbocycles. The average Bonchev–Trinajstić information content (AvgIpc) is 2.95. The average molecular weight is 356 g/mol. The Bertz CT molecular complexity index is 670. The fourth-order valence-corrected chi connectivity index (χ4v) is 4.02. The Kier molecular flexibility index (Phi) is 4.40. The molecule has 2 bridgehead atoms. The second kappa shape index (κ2) is 6.02. The van der Waals surface area contributed by atoms with E-state index in [0.29, 0.717) is 11.5 Å². The van der Waals surface area contributed by atoms with Crippen LogP contribution in [0.1, 0.15) is 39.2 Å². The summed E-state index contributed by atoms with van der Waals surface area (Å²) in [5.41, 5.74) is 0.751. The first kappa shape index (κ1) is 18.3. The Hall–Kier alpha value is -1.53. The summed E-state index contributed by atoms with van der Waals surface area (Å²) in [5.74, 6) is 0.0421. The lowest BCUT2D eigenvalue weighted by atomic mass is 9.72. The van der Waals surface area contributed by atoms with Gasteiger partial charge in [0.1, 0.15) is 11.9 Å². The van der Waals surface area contributed by atoms with Crippen molar-refractivity contribution in [2.75, 3.05) is 0 Å². The number of hydrogen-bond donors (Lipinski definition) is 0. The van der Waals surface area contributed by atoms with Gasteiger partial charge in [0.2, 0.25) is 0 Å². The summed E-state index contributed by atoms with van der Waals surface area (Å²) in [7, 11) is 0. The van der Waals surface area contributed by atoms with Crippen LogP contribution < -0.4 is 4.74 Å². The highest BCUT2D eigenvalue weighted by molar-refractivity contribution is 5.34. The minimum Gasteiger partial charge on any atom is -0.406 e. The molecule has 3 atom stereocenters. The van der Waals surface area contributed by atoms with Gasteiger partial charge in [-0.25, -0.2) is 0 Å². The summed E-state index contributed by atoms with van der Waals surface area (Å²) in [6.07, 6.45) is -3.17. The van der Waals surface area contributed by atoms with Crippen LogP contribution in [0.25, 0.3) is 0 Å². The van der Waals surface area contributed by atoms with Crippen molar-refractivity contribution in [3.8, 4) is 5.75 Å². The maximum absolute atomic E-state index is 12.3. The number of benzene rings is 1. The van der Waals surface area contributed by atoms with Gasteiger partial charge in [-0.2, -0.15) is 0 Å². The molecule has 2 aliphatic rings. The molecule has 2 fully saturated rings. The fourth-order valence-electron chi connectivity index (χ4n) is 4.02. The largest absolute Gasteiger partial charge is 0.573 e. The molecule has 0 spiro atoms. The highest BCUT2D eigenvalue weighted by Crippen LogP contribution is 2.57. The van der Waals surface area contributed by atoms with Gasteiger partial charge < -0.3 is 14.2 Å². The Labute approximate surface area is 145 Å². The van der Waals surface area contributed by atoms with Crippen LogP contribution in [0.4, 0.5) is 13.2 Å². The molecule has 138 valence electrons. The van der Waals surface area contributed by atoms with Crippen LogP contribution in [0, 0.1) is 5.92 Å². The van der Waals surface area contributed by atoms with Crippen molar-refractivity contribution in [3.05, 3.63) is 42.0 Å². The number of ether oxygens (including phenoxy) is 3. The minimum atomic E-state index is -4.71. The Morgan fingerprint density at radius 1 is 1.32 bits per heavy atom. The van der Waals surface area contributed by atoms with Crippen LogP contribution in [0.3, 0.4) is 0 Å². The number of hydrogen-bond acceptors (Lipinski definition) is 3. The van der Waals surface area contributed by atoms with E-state index in [1.165, 1.54) is 18.2 Å². The zero-order chi connectivity index (χ0) is 18.5. The van der Waals surface area contributed by atoms with Crippen molar-refractivity contribution in [3.63, 3.8) is 0 Å². The number of alkyl halides is 3. The molecule has 0 aliphatic carbocycles. The standard InChI is InChI=1S/C19H23F3O3/c1-12(2)18-9-8-17(4,25-18)16(13(18)3)23-11-14-6-5-7-15(10-14)24-19(20,21)22/h5-7,10,12,16H,3,8-9,11H2,1-2,4H3/t16-,17+,18+/m1/s1. The van der Waals surface area contributed by atoms with E-state index in [9.17, 15) is 13.2 Å². The van der Waals surface area contributed by atoms with Crippen LogP contribution in [0.15, 0.2) is 36.4 Å². The summed E-state index contributed by atoms with van der Waals surface area (Å²) in [6.45, 7) is 10.6. The third kappa shape index (κ3) is 3.29. The summed E-state index contributed by atoms with van der Waals surface area (Å²) in [6, 6.07) is 5.83. The van der Waals surface area contributed by atoms with Gasteiger partial charge in [-0.1, -0.05) is 32.6 Å². The van der Waals surface area contributed by atoms with E-state index in [0.717, 1.165) is 18.4 Å². The van der Waals surface area contributed by atoms with Crippen molar-refractivity contribution >= 4 is 0 Å². The Balaban J connectivity index is 1.70. The predicted octanol–water partition coefficient (Wildman–Crippen LogP) is 5.00. The lowest BCUT2D eigenvalue weighted by Gasteiger charge is -2.34. The monoisotopic (exact) mass is 356 g/mol. The molecule has 2 heterocycles. The van der Waals surface area contributed by atoms with Crippen LogP contribution in [-0.2, 0) is 16.1 Å². The van der Waals surface area contributed by atoms with E-state index >= 15 is 0 Å². The second-order valence-electron chi connectivity index (χ2n) is 7.37. The molecular weight excluding hydrogens is 333 g/mol. The van der Waals surface area contributed by atoms with Crippen LogP contribution in [0.5, 0.6) is 5.75 Å². The van der Waals surface area contributed by atoms with Gasteiger partial charge in [-0.15, -0.1) is 13.2 Å². The maximum Gasteiger partial charge on any atom is 0.573 e. The topological polar surface area (TPSA) is 27.7 Å². The molecule has 25 heavy (non-hydrogen) atoms. The van der Waals surface area contributed by atoms with Gasteiger partial charge >= 0.3 is 6.36 Å². The van der Waals surface area contributed by atoms with Gasteiger partial charge in [-0.3, -0.25) is 0 Å². The maximum atomic E-state index is 12.3. The van der Waals surface area contributed by atoms with E-state index < -0.39 is 12.0 Å². The quantitative estimate of drug-likeness (QED) is 0.695. The van der Waals surface area contributed by atoms with Crippen molar-refractivity contribution in [2.24, 2.45) is 5.92 Å². The van der Waals surface area contributed by atoms with E-state index in [1.54, 1.807) is 6.07 Å². The first-order chi connectivity index (χ1) is 11.6. The Morgan fingerprint density at radius 3 is 2.64 bits per heavy atom. The molecule has 0 aromatic heterocycles. The van der Waals surface area contributed by atoms with Crippen molar-refractivity contribution in [2.45, 2.75) is 63.9 Å². The summed E-state index contributed by atoms with van der Waals surface area (Å²) in [4.78, 5) is 0. The van der Waals surface area contributed by atoms with Gasteiger partial charge in [-0.05, 0) is 49.0 Å². The normalized spacial score (nSPS) is 31.8. The molecule has 0 amide bonds. The van der Waals surface area contributed by atoms with Crippen LogP contribution >= 0.6 is 0 Å². The predicted molar refractivity (Wildman–Crippen MR) is 87.1 cm³/mol. The van der Waals surface area contributed by atoms with Crippen molar-refractivity contribution in [1.29, 1.82) is 0 Å². The molecule has 0 N–H and O–H groups in total.